The topological polar surface area (TPSA) is 40.5 Å². The maximum Gasteiger partial charge on any atom is 0.164 e. The average molecular weight is 142 g/mol. The Labute approximate surface area is 57.6 Å². The Morgan fingerprint density at radius 3 is 2.60 bits per heavy atom. The number of hydrogen-bond acceptors (Lipinski definition) is 2. The van der Waals surface area contributed by atoms with Gasteiger partial charge in [0.1, 0.15) is 0 Å². The molecule has 0 spiro atoms. The monoisotopic (exact) mass is 142 g/mol. The van der Waals surface area contributed by atoms with Crippen molar-refractivity contribution in [2.75, 3.05) is 0 Å². The molecule has 0 amide bonds. The lowest BCUT2D eigenvalue weighted by Crippen LogP contribution is -1.83. The van der Waals surface area contributed by atoms with Gasteiger partial charge >= 0.3 is 0 Å². The Hall–Kier alpha value is -1.09. The zero-order valence-corrected chi connectivity index (χ0v) is 5.21. The molecule has 0 heterocycles. The van der Waals surface area contributed by atoms with Crippen LogP contribution in [0.4, 0.5) is 4.39 Å². The van der Waals surface area contributed by atoms with Gasteiger partial charge in [0.15, 0.2) is 11.6 Å². The first-order chi connectivity index (χ1) is 4.74. The van der Waals surface area contributed by atoms with Crippen LogP contribution in [0.5, 0.6) is 5.75 Å². The van der Waals surface area contributed by atoms with Crippen LogP contribution in [0.25, 0.3) is 0 Å². The van der Waals surface area contributed by atoms with E-state index in [4.69, 9.17) is 10.2 Å². The van der Waals surface area contributed by atoms with Crippen molar-refractivity contribution in [1.82, 2.24) is 0 Å². The van der Waals surface area contributed by atoms with Crippen molar-refractivity contribution in [3.63, 3.8) is 0 Å². The van der Waals surface area contributed by atoms with E-state index in [1.807, 2.05) is 0 Å². The van der Waals surface area contributed by atoms with Crippen LogP contribution in [0.15, 0.2) is 18.2 Å². The molecule has 1 aromatic carbocycles. The van der Waals surface area contributed by atoms with Crippen LogP contribution in [-0.2, 0) is 6.61 Å². The molecule has 0 saturated heterocycles. The Kier molecular flexibility index (Phi) is 1.87. The van der Waals surface area contributed by atoms with Gasteiger partial charge in [0, 0.05) is 0 Å². The molecular weight excluding hydrogens is 135 g/mol. The summed E-state index contributed by atoms with van der Waals surface area (Å²) in [5, 5.41) is 17.3. The SMILES string of the molecule is OCc1ccc(F)c(O)c1. The van der Waals surface area contributed by atoms with Crippen LogP contribution in [0, 0.1) is 5.82 Å². The summed E-state index contributed by atoms with van der Waals surface area (Å²) < 4.78 is 12.3. The third-order valence-electron chi connectivity index (χ3n) is 1.19. The maximum absolute atomic E-state index is 12.3. The number of hydrogen-bond donors (Lipinski definition) is 2. The molecule has 1 rings (SSSR count). The van der Waals surface area contributed by atoms with Gasteiger partial charge in [0.25, 0.3) is 0 Å². The van der Waals surface area contributed by atoms with Crippen molar-refractivity contribution < 1.29 is 14.6 Å². The van der Waals surface area contributed by atoms with Crippen molar-refractivity contribution >= 4 is 0 Å². The lowest BCUT2D eigenvalue weighted by molar-refractivity contribution is 0.280. The maximum atomic E-state index is 12.3. The highest BCUT2D eigenvalue weighted by molar-refractivity contribution is 5.28. The predicted octanol–water partition coefficient (Wildman–Crippen LogP) is 1.02. The Morgan fingerprint density at radius 2 is 2.10 bits per heavy atom. The van der Waals surface area contributed by atoms with E-state index in [1.54, 1.807) is 0 Å². The molecule has 0 aliphatic rings. The minimum absolute atomic E-state index is 0.187. The number of phenolic OH excluding ortho intramolecular Hbond substituents is 1. The largest absolute Gasteiger partial charge is 0.505 e. The van der Waals surface area contributed by atoms with E-state index in [9.17, 15) is 4.39 Å². The van der Waals surface area contributed by atoms with Gasteiger partial charge in [-0.05, 0) is 17.7 Å². The van der Waals surface area contributed by atoms with Crippen molar-refractivity contribution in [1.29, 1.82) is 0 Å². The first kappa shape index (κ1) is 7.02. The second kappa shape index (κ2) is 2.66. The van der Waals surface area contributed by atoms with E-state index in [0.29, 0.717) is 5.56 Å². The normalized spacial score (nSPS) is 9.80. The number of halogens is 1. The molecule has 0 aromatic heterocycles. The fourth-order valence-electron chi connectivity index (χ4n) is 0.657. The molecule has 10 heavy (non-hydrogen) atoms. The van der Waals surface area contributed by atoms with Crippen LogP contribution >= 0.6 is 0 Å². The van der Waals surface area contributed by atoms with Crippen LogP contribution in [-0.4, -0.2) is 10.2 Å². The number of benzene rings is 1. The average Bonchev–Trinajstić information content (AvgIpc) is 1.95. The standard InChI is InChI=1S/C7H7FO2/c8-6-2-1-5(4-9)3-7(6)10/h1-3,9-10H,4H2. The van der Waals surface area contributed by atoms with E-state index >= 15 is 0 Å². The lowest BCUT2D eigenvalue weighted by atomic mass is 10.2. The number of aromatic hydroxyl groups is 1. The number of aliphatic hydroxyl groups is 1. The molecule has 2 N–H and O–H groups in total. The molecule has 0 radical (unpaired) electrons. The third kappa shape index (κ3) is 1.25. The van der Waals surface area contributed by atoms with Crippen LogP contribution in [0.2, 0.25) is 0 Å². The van der Waals surface area contributed by atoms with Gasteiger partial charge in [-0.15, -0.1) is 0 Å². The van der Waals surface area contributed by atoms with Gasteiger partial charge in [-0.25, -0.2) is 4.39 Å². The van der Waals surface area contributed by atoms with Crippen LogP contribution < -0.4 is 0 Å². The van der Waals surface area contributed by atoms with E-state index in [0.717, 1.165) is 6.07 Å². The zero-order chi connectivity index (χ0) is 7.56. The smallest absolute Gasteiger partial charge is 0.164 e. The molecule has 0 unspecified atom stereocenters. The van der Waals surface area contributed by atoms with Crippen molar-refractivity contribution in [3.05, 3.63) is 29.6 Å². The second-order valence-corrected chi connectivity index (χ2v) is 1.94. The summed E-state index contributed by atoms with van der Waals surface area (Å²) in [6, 6.07) is 3.71. The van der Waals surface area contributed by atoms with Crippen LogP contribution in [0.1, 0.15) is 5.56 Å². The summed E-state index contributed by atoms with van der Waals surface area (Å²) in [6.07, 6.45) is 0. The molecule has 3 heteroatoms. The minimum atomic E-state index is -0.669. The van der Waals surface area contributed by atoms with Crippen molar-refractivity contribution in [2.45, 2.75) is 6.61 Å². The number of phenols is 1. The van der Waals surface area contributed by atoms with Gasteiger partial charge < -0.3 is 10.2 Å². The second-order valence-electron chi connectivity index (χ2n) is 1.94. The third-order valence-corrected chi connectivity index (χ3v) is 1.19. The first-order valence-corrected chi connectivity index (χ1v) is 2.82. The summed E-state index contributed by atoms with van der Waals surface area (Å²) >= 11 is 0. The molecule has 0 aliphatic heterocycles. The predicted molar refractivity (Wildman–Crippen MR) is 34.0 cm³/mol. The minimum Gasteiger partial charge on any atom is -0.505 e. The summed E-state index contributed by atoms with van der Waals surface area (Å²) in [7, 11) is 0. The summed E-state index contributed by atoms with van der Waals surface area (Å²) in [6.45, 7) is -0.187. The van der Waals surface area contributed by atoms with E-state index < -0.39 is 11.6 Å². The highest BCUT2D eigenvalue weighted by Crippen LogP contribution is 2.16. The summed E-state index contributed by atoms with van der Waals surface area (Å²) in [4.78, 5) is 0. The highest BCUT2D eigenvalue weighted by atomic mass is 19.1. The Morgan fingerprint density at radius 1 is 1.40 bits per heavy atom. The molecule has 0 aliphatic carbocycles. The van der Waals surface area contributed by atoms with Gasteiger partial charge in [-0.1, -0.05) is 6.07 Å². The molecule has 54 valence electrons. The highest BCUT2D eigenvalue weighted by Gasteiger charge is 1.98. The van der Waals surface area contributed by atoms with Crippen LogP contribution in [0.3, 0.4) is 0 Å². The fraction of sp³-hybridized carbons (Fsp3) is 0.143. The number of rotatable bonds is 1. The first-order valence-electron chi connectivity index (χ1n) is 2.82. The van der Waals surface area contributed by atoms with E-state index in [1.165, 1.54) is 12.1 Å². The van der Waals surface area contributed by atoms with Gasteiger partial charge in [-0.2, -0.15) is 0 Å². The fourth-order valence-corrected chi connectivity index (χ4v) is 0.657. The molecule has 0 bridgehead atoms. The molecule has 2 nitrogen and oxygen atoms in total. The van der Waals surface area contributed by atoms with Crippen molar-refractivity contribution in [2.24, 2.45) is 0 Å². The Bertz CT molecular complexity index is 235. The summed E-state index contributed by atoms with van der Waals surface area (Å²) in [5.74, 6) is -1.09. The summed E-state index contributed by atoms with van der Waals surface area (Å²) in [5.41, 5.74) is 0.499. The lowest BCUT2D eigenvalue weighted by Gasteiger charge is -1.96. The quantitative estimate of drug-likeness (QED) is 0.614. The molecule has 0 saturated carbocycles. The molecule has 0 atom stereocenters. The van der Waals surface area contributed by atoms with E-state index in [2.05, 4.69) is 0 Å². The van der Waals surface area contributed by atoms with Gasteiger partial charge in [0.2, 0.25) is 0 Å². The molecule has 1 aromatic rings. The Balaban J connectivity index is 3.04. The van der Waals surface area contributed by atoms with Crippen molar-refractivity contribution in [3.8, 4) is 5.75 Å². The number of aliphatic hydroxyl groups excluding tert-OH is 1. The molecular formula is C7H7FO2. The van der Waals surface area contributed by atoms with Gasteiger partial charge in [-0.3, -0.25) is 0 Å². The molecule has 0 fully saturated rings. The van der Waals surface area contributed by atoms with E-state index in [-0.39, 0.29) is 6.61 Å². The van der Waals surface area contributed by atoms with Gasteiger partial charge in [0.05, 0.1) is 6.61 Å². The zero-order valence-electron chi connectivity index (χ0n) is 5.21.